The molecular weight excluding hydrogens is 218 g/mol. The maximum Gasteiger partial charge on any atom is 0.0535 e. The minimum Gasteiger partial charge on any atom is -0.399 e. The van der Waals surface area contributed by atoms with Crippen LogP contribution in [0.5, 0.6) is 0 Å². The molecule has 0 saturated heterocycles. The Morgan fingerprint density at radius 3 is 2.75 bits per heavy atom. The maximum atomic E-state index is 12.2. The van der Waals surface area contributed by atoms with Gasteiger partial charge in [-0.1, -0.05) is 18.9 Å². The van der Waals surface area contributed by atoms with Crippen LogP contribution < -0.4 is 5.73 Å². The lowest BCUT2D eigenvalue weighted by molar-refractivity contribution is 0.604. The highest BCUT2D eigenvalue weighted by Crippen LogP contribution is 2.27. The van der Waals surface area contributed by atoms with Gasteiger partial charge in [0.2, 0.25) is 0 Å². The molecule has 0 aliphatic heterocycles. The second-order valence-electron chi connectivity index (χ2n) is 4.69. The SMILES string of the molecule is Cc1ccc(N)cc1S(=O)CC1CCCC1. The van der Waals surface area contributed by atoms with Gasteiger partial charge in [0.05, 0.1) is 10.8 Å². The average molecular weight is 237 g/mol. The standard InChI is InChI=1S/C13H19NOS/c1-10-6-7-12(14)8-13(10)16(15)9-11-4-2-3-5-11/h6-8,11H,2-5,9,14H2,1H3. The van der Waals surface area contributed by atoms with Crippen LogP contribution in [0.4, 0.5) is 5.69 Å². The van der Waals surface area contributed by atoms with Crippen molar-refractivity contribution in [3.63, 3.8) is 0 Å². The van der Waals surface area contributed by atoms with E-state index in [0.29, 0.717) is 11.6 Å². The molecule has 1 aliphatic carbocycles. The highest BCUT2D eigenvalue weighted by atomic mass is 32.2. The van der Waals surface area contributed by atoms with Crippen LogP contribution in [0, 0.1) is 12.8 Å². The first-order valence-corrected chi connectivity index (χ1v) is 7.23. The molecule has 1 aromatic carbocycles. The third-order valence-corrected chi connectivity index (χ3v) is 5.02. The average Bonchev–Trinajstić information content (AvgIpc) is 2.74. The molecule has 1 fully saturated rings. The van der Waals surface area contributed by atoms with Crippen molar-refractivity contribution in [3.8, 4) is 0 Å². The van der Waals surface area contributed by atoms with E-state index in [1.165, 1.54) is 25.7 Å². The zero-order chi connectivity index (χ0) is 11.5. The van der Waals surface area contributed by atoms with E-state index >= 15 is 0 Å². The van der Waals surface area contributed by atoms with Gasteiger partial charge in [0.15, 0.2) is 0 Å². The smallest absolute Gasteiger partial charge is 0.0535 e. The van der Waals surface area contributed by atoms with Crippen molar-refractivity contribution in [2.45, 2.75) is 37.5 Å². The first kappa shape index (κ1) is 11.6. The van der Waals surface area contributed by atoms with Crippen LogP contribution in [0.3, 0.4) is 0 Å². The highest BCUT2D eigenvalue weighted by Gasteiger charge is 2.19. The first-order chi connectivity index (χ1) is 7.66. The molecule has 0 bridgehead atoms. The van der Waals surface area contributed by atoms with E-state index in [-0.39, 0.29) is 0 Å². The van der Waals surface area contributed by atoms with Gasteiger partial charge in [-0.15, -0.1) is 0 Å². The Morgan fingerprint density at radius 2 is 2.06 bits per heavy atom. The van der Waals surface area contributed by atoms with Crippen LogP contribution in [0.15, 0.2) is 23.1 Å². The number of nitrogen functional groups attached to an aromatic ring is 1. The quantitative estimate of drug-likeness (QED) is 0.821. The molecule has 0 amide bonds. The molecule has 3 heteroatoms. The van der Waals surface area contributed by atoms with Crippen molar-refractivity contribution in [1.29, 1.82) is 0 Å². The normalized spacial score (nSPS) is 18.8. The fourth-order valence-electron chi connectivity index (χ4n) is 2.34. The van der Waals surface area contributed by atoms with Gasteiger partial charge >= 0.3 is 0 Å². The number of hydrogen-bond acceptors (Lipinski definition) is 2. The summed E-state index contributed by atoms with van der Waals surface area (Å²) in [5, 5.41) is 0. The number of anilines is 1. The molecule has 1 aliphatic rings. The fourth-order valence-corrected chi connectivity index (χ4v) is 3.98. The third kappa shape index (κ3) is 2.64. The van der Waals surface area contributed by atoms with E-state index in [4.69, 9.17) is 5.73 Å². The lowest BCUT2D eigenvalue weighted by Crippen LogP contribution is -2.09. The lowest BCUT2D eigenvalue weighted by atomic mass is 10.1. The van der Waals surface area contributed by atoms with Crippen LogP contribution in [0.2, 0.25) is 0 Å². The van der Waals surface area contributed by atoms with Crippen LogP contribution in [0.1, 0.15) is 31.2 Å². The summed E-state index contributed by atoms with van der Waals surface area (Å²) in [6, 6.07) is 5.68. The van der Waals surface area contributed by atoms with Crippen LogP contribution >= 0.6 is 0 Å². The summed E-state index contributed by atoms with van der Waals surface area (Å²) in [4.78, 5) is 0.923. The van der Waals surface area contributed by atoms with E-state index in [1.807, 2.05) is 25.1 Å². The molecule has 16 heavy (non-hydrogen) atoms. The van der Waals surface area contributed by atoms with E-state index in [9.17, 15) is 4.21 Å². The van der Waals surface area contributed by atoms with E-state index in [1.54, 1.807) is 0 Å². The Labute approximate surface area is 99.7 Å². The summed E-state index contributed by atoms with van der Waals surface area (Å²) in [5.41, 5.74) is 7.54. The predicted octanol–water partition coefficient (Wildman–Crippen LogP) is 2.88. The van der Waals surface area contributed by atoms with Crippen molar-refractivity contribution in [2.24, 2.45) is 5.92 Å². The molecule has 2 nitrogen and oxygen atoms in total. The zero-order valence-electron chi connectivity index (χ0n) is 9.74. The van der Waals surface area contributed by atoms with Gasteiger partial charge in [-0.3, -0.25) is 4.21 Å². The van der Waals surface area contributed by atoms with Gasteiger partial charge < -0.3 is 5.73 Å². The van der Waals surface area contributed by atoms with Gasteiger partial charge in [-0.05, 0) is 43.4 Å². The minimum absolute atomic E-state index is 0.654. The van der Waals surface area contributed by atoms with Crippen molar-refractivity contribution >= 4 is 16.5 Å². The van der Waals surface area contributed by atoms with Gasteiger partial charge in [-0.2, -0.15) is 0 Å². The number of aryl methyl sites for hydroxylation is 1. The van der Waals surface area contributed by atoms with Crippen molar-refractivity contribution in [3.05, 3.63) is 23.8 Å². The van der Waals surface area contributed by atoms with Crippen LogP contribution in [-0.2, 0) is 10.8 Å². The molecule has 1 aromatic rings. The Balaban J connectivity index is 2.10. The molecule has 2 rings (SSSR count). The Bertz CT molecular complexity index is 397. The largest absolute Gasteiger partial charge is 0.399 e. The molecular formula is C13H19NOS. The Morgan fingerprint density at radius 1 is 1.38 bits per heavy atom. The summed E-state index contributed by atoms with van der Waals surface area (Å²) in [6.45, 7) is 2.00. The highest BCUT2D eigenvalue weighted by molar-refractivity contribution is 7.85. The summed E-state index contributed by atoms with van der Waals surface area (Å²) in [5.74, 6) is 1.46. The van der Waals surface area contributed by atoms with Crippen LogP contribution in [0.25, 0.3) is 0 Å². The molecule has 0 heterocycles. The van der Waals surface area contributed by atoms with Gasteiger partial charge in [0.25, 0.3) is 0 Å². The number of nitrogens with two attached hydrogens (primary N) is 1. The molecule has 0 spiro atoms. The van der Waals surface area contributed by atoms with Gasteiger partial charge in [-0.25, -0.2) is 0 Å². The van der Waals surface area contributed by atoms with Crippen molar-refractivity contribution < 1.29 is 4.21 Å². The fraction of sp³-hybridized carbons (Fsp3) is 0.538. The van der Waals surface area contributed by atoms with E-state index < -0.39 is 10.8 Å². The van der Waals surface area contributed by atoms with Crippen molar-refractivity contribution in [2.75, 3.05) is 11.5 Å². The van der Waals surface area contributed by atoms with Gasteiger partial charge in [0, 0.05) is 16.3 Å². The summed E-state index contributed by atoms with van der Waals surface area (Å²) < 4.78 is 12.2. The number of benzene rings is 1. The third-order valence-electron chi connectivity index (χ3n) is 3.32. The molecule has 0 aromatic heterocycles. The summed E-state index contributed by atoms with van der Waals surface area (Å²) in [7, 11) is -0.875. The molecule has 0 radical (unpaired) electrons. The second kappa shape index (κ2) is 5.00. The minimum atomic E-state index is -0.875. The summed E-state index contributed by atoms with van der Waals surface area (Å²) >= 11 is 0. The molecule has 1 unspecified atom stereocenters. The predicted molar refractivity (Wildman–Crippen MR) is 68.8 cm³/mol. The summed E-state index contributed by atoms with van der Waals surface area (Å²) in [6.07, 6.45) is 5.09. The first-order valence-electron chi connectivity index (χ1n) is 5.91. The maximum absolute atomic E-state index is 12.2. The Kier molecular flexibility index (Phi) is 3.64. The van der Waals surface area contributed by atoms with Gasteiger partial charge in [0.1, 0.15) is 0 Å². The van der Waals surface area contributed by atoms with E-state index in [0.717, 1.165) is 16.2 Å². The zero-order valence-corrected chi connectivity index (χ0v) is 10.6. The Hall–Kier alpha value is -0.830. The lowest BCUT2D eigenvalue weighted by Gasteiger charge is -2.11. The molecule has 1 saturated carbocycles. The van der Waals surface area contributed by atoms with Crippen LogP contribution in [-0.4, -0.2) is 9.96 Å². The van der Waals surface area contributed by atoms with Crippen molar-refractivity contribution in [1.82, 2.24) is 0 Å². The molecule has 1 atom stereocenters. The second-order valence-corrected chi connectivity index (χ2v) is 6.15. The van der Waals surface area contributed by atoms with E-state index in [2.05, 4.69) is 0 Å². The molecule has 88 valence electrons. The number of hydrogen-bond donors (Lipinski definition) is 1. The monoisotopic (exact) mass is 237 g/mol. The topological polar surface area (TPSA) is 43.1 Å². The molecule has 2 N–H and O–H groups in total. The number of rotatable bonds is 3.